The third kappa shape index (κ3) is 3.34. The molecule has 2 rings (SSSR count). The minimum absolute atomic E-state index is 0.341. The second-order valence-corrected chi connectivity index (χ2v) is 5.46. The SMILES string of the molecule is Cc1cccc(C(C)(O)Cc2ccc(F)cc2Cl)c1. The molecule has 0 amide bonds. The fourth-order valence-electron chi connectivity index (χ4n) is 2.12. The molecular formula is C16H16ClFO. The van der Waals surface area contributed by atoms with Crippen molar-refractivity contribution in [3.05, 3.63) is 70.0 Å². The minimum atomic E-state index is -1.03. The summed E-state index contributed by atoms with van der Waals surface area (Å²) in [6.45, 7) is 3.71. The van der Waals surface area contributed by atoms with Crippen LogP contribution in [0.4, 0.5) is 4.39 Å². The summed E-state index contributed by atoms with van der Waals surface area (Å²) in [4.78, 5) is 0. The Kier molecular flexibility index (Phi) is 3.93. The molecule has 0 spiro atoms. The molecule has 0 saturated carbocycles. The van der Waals surface area contributed by atoms with E-state index in [9.17, 15) is 9.50 Å². The molecule has 2 aromatic carbocycles. The lowest BCUT2D eigenvalue weighted by molar-refractivity contribution is 0.0575. The first kappa shape index (κ1) is 14.0. The molecule has 0 fully saturated rings. The molecule has 0 aliphatic rings. The molecule has 3 heteroatoms. The molecule has 0 heterocycles. The maximum atomic E-state index is 13.0. The van der Waals surface area contributed by atoms with Gasteiger partial charge in [0.2, 0.25) is 0 Å². The Hall–Kier alpha value is -1.38. The first-order chi connectivity index (χ1) is 8.88. The number of hydrogen-bond donors (Lipinski definition) is 1. The highest BCUT2D eigenvalue weighted by Gasteiger charge is 2.24. The van der Waals surface area contributed by atoms with Gasteiger partial charge in [-0.2, -0.15) is 0 Å². The lowest BCUT2D eigenvalue weighted by atomic mass is 9.88. The van der Waals surface area contributed by atoms with Gasteiger partial charge in [0.1, 0.15) is 5.82 Å². The van der Waals surface area contributed by atoms with Crippen LogP contribution in [0.5, 0.6) is 0 Å². The lowest BCUT2D eigenvalue weighted by Crippen LogP contribution is -2.24. The van der Waals surface area contributed by atoms with Gasteiger partial charge in [0.25, 0.3) is 0 Å². The average molecular weight is 279 g/mol. The molecule has 0 saturated heterocycles. The van der Waals surface area contributed by atoms with Gasteiger partial charge in [-0.25, -0.2) is 4.39 Å². The smallest absolute Gasteiger partial charge is 0.124 e. The summed E-state index contributed by atoms with van der Waals surface area (Å²) in [7, 11) is 0. The largest absolute Gasteiger partial charge is 0.385 e. The number of hydrogen-bond acceptors (Lipinski definition) is 1. The van der Waals surface area contributed by atoms with Crippen molar-refractivity contribution in [2.75, 3.05) is 0 Å². The Balaban J connectivity index is 2.30. The molecule has 1 N–H and O–H groups in total. The van der Waals surface area contributed by atoms with Crippen molar-refractivity contribution in [1.29, 1.82) is 0 Å². The molecule has 0 radical (unpaired) electrons. The summed E-state index contributed by atoms with van der Waals surface area (Å²) < 4.78 is 13.0. The van der Waals surface area contributed by atoms with Gasteiger partial charge in [0, 0.05) is 11.4 Å². The van der Waals surface area contributed by atoms with Crippen molar-refractivity contribution in [2.45, 2.75) is 25.9 Å². The lowest BCUT2D eigenvalue weighted by Gasteiger charge is -2.25. The maximum absolute atomic E-state index is 13.0. The quantitative estimate of drug-likeness (QED) is 0.890. The summed E-state index contributed by atoms with van der Waals surface area (Å²) >= 11 is 6.00. The van der Waals surface area contributed by atoms with E-state index in [1.165, 1.54) is 12.1 Å². The Morgan fingerprint density at radius 2 is 1.95 bits per heavy atom. The number of halogens is 2. The summed E-state index contributed by atoms with van der Waals surface area (Å²) in [5, 5.41) is 10.9. The Labute approximate surface area is 117 Å². The van der Waals surface area contributed by atoms with E-state index in [-0.39, 0.29) is 5.82 Å². The first-order valence-corrected chi connectivity index (χ1v) is 6.50. The Morgan fingerprint density at radius 3 is 2.58 bits per heavy atom. The van der Waals surface area contributed by atoms with Crippen molar-refractivity contribution >= 4 is 11.6 Å². The molecule has 0 bridgehead atoms. The van der Waals surface area contributed by atoms with Crippen LogP contribution in [0, 0.1) is 12.7 Å². The number of benzene rings is 2. The monoisotopic (exact) mass is 278 g/mol. The Morgan fingerprint density at radius 1 is 1.21 bits per heavy atom. The van der Waals surface area contributed by atoms with E-state index in [0.717, 1.165) is 16.7 Å². The van der Waals surface area contributed by atoms with Crippen LogP contribution in [0.25, 0.3) is 0 Å². The van der Waals surface area contributed by atoms with Crippen molar-refractivity contribution in [3.63, 3.8) is 0 Å². The van der Waals surface area contributed by atoms with Gasteiger partial charge in [-0.1, -0.05) is 47.5 Å². The molecule has 1 nitrogen and oxygen atoms in total. The van der Waals surface area contributed by atoms with Gasteiger partial charge in [0.05, 0.1) is 5.60 Å². The third-order valence-electron chi connectivity index (χ3n) is 3.19. The summed E-state index contributed by atoms with van der Waals surface area (Å²) in [6.07, 6.45) is 0.343. The summed E-state index contributed by atoms with van der Waals surface area (Å²) in [6, 6.07) is 11.9. The normalized spacial score (nSPS) is 14.2. The van der Waals surface area contributed by atoms with E-state index < -0.39 is 5.60 Å². The minimum Gasteiger partial charge on any atom is -0.385 e. The van der Waals surface area contributed by atoms with Gasteiger partial charge >= 0.3 is 0 Å². The van der Waals surface area contributed by atoms with Crippen LogP contribution in [-0.4, -0.2) is 5.11 Å². The molecule has 19 heavy (non-hydrogen) atoms. The predicted octanol–water partition coefficient (Wildman–Crippen LogP) is 4.24. The standard InChI is InChI=1S/C16H16ClFO/c1-11-4-3-5-13(8-11)16(2,19)10-12-6-7-14(18)9-15(12)17/h3-9,19H,10H2,1-2H3. The van der Waals surface area contributed by atoms with Gasteiger partial charge < -0.3 is 5.11 Å². The summed E-state index contributed by atoms with van der Waals surface area (Å²) in [5.74, 6) is -0.371. The molecule has 0 aromatic heterocycles. The van der Waals surface area contributed by atoms with Crippen LogP contribution in [0.3, 0.4) is 0 Å². The maximum Gasteiger partial charge on any atom is 0.124 e. The summed E-state index contributed by atoms with van der Waals surface area (Å²) in [5.41, 5.74) is 1.61. The van der Waals surface area contributed by atoms with Crippen LogP contribution >= 0.6 is 11.6 Å². The van der Waals surface area contributed by atoms with Crippen LogP contribution in [0.2, 0.25) is 5.02 Å². The van der Waals surface area contributed by atoms with Crippen LogP contribution in [0.15, 0.2) is 42.5 Å². The van der Waals surface area contributed by atoms with Gasteiger partial charge in [-0.3, -0.25) is 0 Å². The van der Waals surface area contributed by atoms with E-state index in [2.05, 4.69) is 0 Å². The van der Waals surface area contributed by atoms with Gasteiger partial charge in [0.15, 0.2) is 0 Å². The molecule has 1 atom stereocenters. The molecule has 100 valence electrons. The third-order valence-corrected chi connectivity index (χ3v) is 3.54. The van der Waals surface area contributed by atoms with Crippen LogP contribution < -0.4 is 0 Å². The molecule has 1 unspecified atom stereocenters. The Bertz CT molecular complexity index is 593. The zero-order valence-corrected chi connectivity index (χ0v) is 11.7. The van der Waals surface area contributed by atoms with E-state index >= 15 is 0 Å². The fraction of sp³-hybridized carbons (Fsp3) is 0.250. The highest BCUT2D eigenvalue weighted by molar-refractivity contribution is 6.31. The average Bonchev–Trinajstić information content (AvgIpc) is 2.33. The van der Waals surface area contributed by atoms with E-state index in [1.807, 2.05) is 31.2 Å². The van der Waals surface area contributed by atoms with Crippen molar-refractivity contribution in [3.8, 4) is 0 Å². The molecule has 0 aliphatic carbocycles. The van der Waals surface area contributed by atoms with Crippen molar-refractivity contribution in [2.24, 2.45) is 0 Å². The predicted molar refractivity (Wildman–Crippen MR) is 75.9 cm³/mol. The number of aliphatic hydroxyl groups is 1. The zero-order chi connectivity index (χ0) is 14.0. The van der Waals surface area contributed by atoms with Crippen molar-refractivity contribution in [1.82, 2.24) is 0 Å². The number of rotatable bonds is 3. The first-order valence-electron chi connectivity index (χ1n) is 6.12. The van der Waals surface area contributed by atoms with Crippen LogP contribution in [-0.2, 0) is 12.0 Å². The van der Waals surface area contributed by atoms with Gasteiger partial charge in [-0.05, 0) is 37.1 Å². The molecule has 0 aliphatic heterocycles. The highest BCUT2D eigenvalue weighted by atomic mass is 35.5. The van der Waals surface area contributed by atoms with E-state index in [0.29, 0.717) is 11.4 Å². The van der Waals surface area contributed by atoms with Crippen LogP contribution in [0.1, 0.15) is 23.6 Å². The fourth-order valence-corrected chi connectivity index (χ4v) is 2.35. The number of aryl methyl sites for hydroxylation is 1. The highest BCUT2D eigenvalue weighted by Crippen LogP contribution is 2.29. The second-order valence-electron chi connectivity index (χ2n) is 5.06. The topological polar surface area (TPSA) is 20.2 Å². The second kappa shape index (κ2) is 5.32. The zero-order valence-electron chi connectivity index (χ0n) is 11.0. The van der Waals surface area contributed by atoms with Crippen molar-refractivity contribution < 1.29 is 9.50 Å². The molecular weight excluding hydrogens is 263 g/mol. The van der Waals surface area contributed by atoms with E-state index in [1.54, 1.807) is 13.0 Å². The molecule has 2 aromatic rings. The van der Waals surface area contributed by atoms with Gasteiger partial charge in [-0.15, -0.1) is 0 Å². The van der Waals surface area contributed by atoms with E-state index in [4.69, 9.17) is 11.6 Å².